The van der Waals surface area contributed by atoms with Crippen LogP contribution in [0.1, 0.15) is 12.5 Å². The highest BCUT2D eigenvalue weighted by molar-refractivity contribution is 6.31. The van der Waals surface area contributed by atoms with E-state index in [4.69, 9.17) is 16.3 Å². The number of carbonyl (C=O) groups is 1. The highest BCUT2D eigenvalue weighted by Gasteiger charge is 2.26. The van der Waals surface area contributed by atoms with Crippen molar-refractivity contribution in [3.8, 4) is 5.75 Å². The minimum atomic E-state index is -0.0463. The number of halogens is 1. The number of amides is 1. The largest absolute Gasteiger partial charge is 0.485 e. The van der Waals surface area contributed by atoms with Crippen molar-refractivity contribution in [2.45, 2.75) is 19.4 Å². The van der Waals surface area contributed by atoms with Crippen molar-refractivity contribution in [2.75, 3.05) is 31.6 Å². The number of benzene rings is 2. The van der Waals surface area contributed by atoms with E-state index < -0.39 is 0 Å². The topological polar surface area (TPSA) is 32.8 Å². The first-order valence-electron chi connectivity index (χ1n) is 8.56. The number of nitrogens with zero attached hydrogens (tertiary/aromatic N) is 2. The fourth-order valence-electron chi connectivity index (χ4n) is 3.12. The maximum absolute atomic E-state index is 12.5. The van der Waals surface area contributed by atoms with Gasteiger partial charge in [-0.3, -0.25) is 4.79 Å². The van der Waals surface area contributed by atoms with Crippen LogP contribution < -0.4 is 9.64 Å². The van der Waals surface area contributed by atoms with E-state index in [-0.39, 0.29) is 12.0 Å². The second-order valence-corrected chi connectivity index (χ2v) is 6.70. The van der Waals surface area contributed by atoms with E-state index in [1.807, 2.05) is 49.5 Å². The lowest BCUT2D eigenvalue weighted by Gasteiger charge is -2.37. The number of anilines is 1. The molecule has 0 saturated carbocycles. The number of rotatable bonds is 5. The number of ether oxygens (including phenoxy) is 1. The predicted octanol–water partition coefficient (Wildman–Crippen LogP) is 3.63. The quantitative estimate of drug-likeness (QED) is 0.818. The monoisotopic (exact) mass is 358 g/mol. The van der Waals surface area contributed by atoms with Gasteiger partial charge in [-0.1, -0.05) is 41.9 Å². The van der Waals surface area contributed by atoms with Crippen molar-refractivity contribution in [2.24, 2.45) is 0 Å². The molecule has 0 radical (unpaired) electrons. The Bertz CT molecular complexity index is 750. The number of hydrogen-bond acceptors (Lipinski definition) is 3. The van der Waals surface area contributed by atoms with E-state index in [9.17, 15) is 4.79 Å². The molecule has 1 heterocycles. The summed E-state index contributed by atoms with van der Waals surface area (Å²) in [7, 11) is 1.82. The molecule has 4 nitrogen and oxygen atoms in total. The van der Waals surface area contributed by atoms with Crippen molar-refractivity contribution >= 4 is 23.2 Å². The molecule has 1 atom stereocenters. The Balaban J connectivity index is 1.64. The van der Waals surface area contributed by atoms with Gasteiger partial charge < -0.3 is 14.5 Å². The van der Waals surface area contributed by atoms with Gasteiger partial charge in [-0.05, 0) is 30.7 Å². The van der Waals surface area contributed by atoms with Crippen LogP contribution in [0.5, 0.6) is 5.75 Å². The van der Waals surface area contributed by atoms with Crippen LogP contribution in [0.2, 0.25) is 5.02 Å². The summed E-state index contributed by atoms with van der Waals surface area (Å²) in [5.41, 5.74) is 1.97. The van der Waals surface area contributed by atoms with E-state index in [1.54, 1.807) is 4.90 Å². The summed E-state index contributed by atoms with van der Waals surface area (Å²) in [6.45, 7) is 4.37. The molecule has 2 aromatic rings. The van der Waals surface area contributed by atoms with Gasteiger partial charge in [-0.2, -0.15) is 0 Å². The molecule has 3 rings (SSSR count). The Morgan fingerprint density at radius 2 is 1.96 bits per heavy atom. The SMILES string of the molecule is CCN1C[C@@H](CN(C)C(=O)Cc2ccccc2Cl)Oc2ccccc21. The van der Waals surface area contributed by atoms with Gasteiger partial charge in [0.2, 0.25) is 5.91 Å². The third-order valence-corrected chi connectivity index (χ3v) is 4.88. The summed E-state index contributed by atoms with van der Waals surface area (Å²) in [4.78, 5) is 16.6. The van der Waals surface area contributed by atoms with Crippen LogP contribution in [0.3, 0.4) is 0 Å². The van der Waals surface area contributed by atoms with Crippen molar-refractivity contribution in [3.05, 3.63) is 59.1 Å². The van der Waals surface area contributed by atoms with Gasteiger partial charge >= 0.3 is 0 Å². The summed E-state index contributed by atoms with van der Waals surface area (Å²) >= 11 is 6.16. The fourth-order valence-corrected chi connectivity index (χ4v) is 3.32. The first-order chi connectivity index (χ1) is 12.1. The zero-order chi connectivity index (χ0) is 17.8. The molecule has 0 bridgehead atoms. The molecule has 0 fully saturated rings. The van der Waals surface area contributed by atoms with Crippen molar-refractivity contribution in [1.82, 2.24) is 4.90 Å². The van der Waals surface area contributed by atoms with E-state index in [2.05, 4.69) is 17.9 Å². The average Bonchev–Trinajstić information content (AvgIpc) is 2.62. The maximum Gasteiger partial charge on any atom is 0.226 e. The minimum absolute atomic E-state index is 0.0404. The second-order valence-electron chi connectivity index (χ2n) is 6.29. The summed E-state index contributed by atoms with van der Waals surface area (Å²) < 4.78 is 6.10. The number of likely N-dealkylation sites (N-methyl/N-ethyl adjacent to an activating group) is 2. The standard InChI is InChI=1S/C20H23ClN2O2/c1-3-23-14-16(25-19-11-7-6-10-18(19)23)13-22(2)20(24)12-15-8-4-5-9-17(15)21/h4-11,16H,3,12-14H2,1-2H3/t16-/m1/s1. The Hall–Kier alpha value is -2.20. The first kappa shape index (κ1) is 17.6. The highest BCUT2D eigenvalue weighted by Crippen LogP contribution is 2.32. The Kier molecular flexibility index (Phi) is 5.49. The van der Waals surface area contributed by atoms with Gasteiger partial charge in [-0.15, -0.1) is 0 Å². The van der Waals surface area contributed by atoms with Crippen LogP contribution in [0, 0.1) is 0 Å². The Morgan fingerprint density at radius 3 is 2.72 bits per heavy atom. The third-order valence-electron chi connectivity index (χ3n) is 4.51. The summed E-state index contributed by atoms with van der Waals surface area (Å²) in [6, 6.07) is 15.5. The number of hydrogen-bond donors (Lipinski definition) is 0. The predicted molar refractivity (Wildman–Crippen MR) is 102 cm³/mol. The van der Waals surface area contributed by atoms with Gasteiger partial charge in [0.1, 0.15) is 11.9 Å². The Morgan fingerprint density at radius 1 is 1.24 bits per heavy atom. The van der Waals surface area contributed by atoms with E-state index in [0.29, 0.717) is 18.0 Å². The molecule has 0 spiro atoms. The van der Waals surface area contributed by atoms with E-state index in [0.717, 1.165) is 30.1 Å². The number of fused-ring (bicyclic) bond motifs is 1. The molecule has 0 aromatic heterocycles. The Labute approximate surface area is 154 Å². The van der Waals surface area contributed by atoms with Crippen LogP contribution in [-0.4, -0.2) is 43.6 Å². The molecule has 0 N–H and O–H groups in total. The fraction of sp³-hybridized carbons (Fsp3) is 0.350. The van der Waals surface area contributed by atoms with Crippen molar-refractivity contribution in [1.29, 1.82) is 0 Å². The molecule has 25 heavy (non-hydrogen) atoms. The first-order valence-corrected chi connectivity index (χ1v) is 8.94. The summed E-state index contributed by atoms with van der Waals surface area (Å²) in [6.07, 6.45) is 0.256. The van der Waals surface area contributed by atoms with Crippen LogP contribution >= 0.6 is 11.6 Å². The van der Waals surface area contributed by atoms with E-state index >= 15 is 0 Å². The molecular formula is C20H23ClN2O2. The van der Waals surface area contributed by atoms with Gasteiger partial charge in [-0.25, -0.2) is 0 Å². The molecule has 132 valence electrons. The van der Waals surface area contributed by atoms with Gasteiger partial charge in [0, 0.05) is 18.6 Å². The molecule has 2 aromatic carbocycles. The average molecular weight is 359 g/mol. The minimum Gasteiger partial charge on any atom is -0.485 e. The molecule has 1 aliphatic rings. The van der Waals surface area contributed by atoms with Crippen LogP contribution in [-0.2, 0) is 11.2 Å². The lowest BCUT2D eigenvalue weighted by Crippen LogP contribution is -2.47. The zero-order valence-corrected chi connectivity index (χ0v) is 15.4. The van der Waals surface area contributed by atoms with Gasteiger partial charge in [0.15, 0.2) is 0 Å². The maximum atomic E-state index is 12.5. The highest BCUT2D eigenvalue weighted by atomic mass is 35.5. The van der Waals surface area contributed by atoms with Crippen LogP contribution in [0.15, 0.2) is 48.5 Å². The van der Waals surface area contributed by atoms with Gasteiger partial charge in [0.05, 0.1) is 25.2 Å². The second kappa shape index (κ2) is 7.79. The van der Waals surface area contributed by atoms with Crippen LogP contribution in [0.25, 0.3) is 0 Å². The number of carbonyl (C=O) groups excluding carboxylic acids is 1. The smallest absolute Gasteiger partial charge is 0.226 e. The van der Waals surface area contributed by atoms with E-state index in [1.165, 1.54) is 0 Å². The zero-order valence-electron chi connectivity index (χ0n) is 14.6. The normalized spacial score (nSPS) is 16.1. The molecule has 0 saturated heterocycles. The van der Waals surface area contributed by atoms with Crippen LogP contribution in [0.4, 0.5) is 5.69 Å². The molecule has 5 heteroatoms. The molecular weight excluding hydrogens is 336 g/mol. The molecule has 1 aliphatic heterocycles. The lowest BCUT2D eigenvalue weighted by atomic mass is 10.1. The van der Waals surface area contributed by atoms with Gasteiger partial charge in [0.25, 0.3) is 0 Å². The van der Waals surface area contributed by atoms with Crippen molar-refractivity contribution in [3.63, 3.8) is 0 Å². The van der Waals surface area contributed by atoms with Crippen molar-refractivity contribution < 1.29 is 9.53 Å². The summed E-state index contributed by atoms with van der Waals surface area (Å²) in [5.74, 6) is 0.922. The molecule has 0 unspecified atom stereocenters. The third kappa shape index (κ3) is 4.07. The molecule has 1 amide bonds. The summed E-state index contributed by atoms with van der Waals surface area (Å²) in [5, 5.41) is 0.629. The molecule has 0 aliphatic carbocycles. The number of para-hydroxylation sites is 2. The lowest BCUT2D eigenvalue weighted by molar-refractivity contribution is -0.130.